The van der Waals surface area contributed by atoms with Crippen molar-refractivity contribution in [1.29, 1.82) is 0 Å². The average molecular weight is 151 g/mol. The lowest BCUT2D eigenvalue weighted by atomic mass is 9.79. The van der Waals surface area contributed by atoms with E-state index < -0.39 is 0 Å². The highest BCUT2D eigenvalue weighted by atomic mass is 14.6. The van der Waals surface area contributed by atoms with Crippen LogP contribution in [0.15, 0.2) is 25.3 Å². The van der Waals surface area contributed by atoms with Crippen LogP contribution in [0.3, 0.4) is 0 Å². The van der Waals surface area contributed by atoms with Crippen LogP contribution in [-0.2, 0) is 0 Å². The van der Waals surface area contributed by atoms with Crippen LogP contribution < -0.4 is 5.73 Å². The standard InChI is InChI=1S/C10H17N/c1-4-7-10(6-3,9-11)8-5-2/h3-5H,1-2,6-9,11H2. The smallest absolute Gasteiger partial charge is 0.00145 e. The van der Waals surface area contributed by atoms with Gasteiger partial charge in [0.2, 0.25) is 0 Å². The highest BCUT2D eigenvalue weighted by molar-refractivity contribution is 4.92. The molecule has 0 fully saturated rings. The molecule has 0 spiro atoms. The molecule has 0 saturated heterocycles. The van der Waals surface area contributed by atoms with Crippen LogP contribution in [0, 0.1) is 12.3 Å². The fourth-order valence-corrected chi connectivity index (χ4v) is 1.11. The summed E-state index contributed by atoms with van der Waals surface area (Å²) in [5.41, 5.74) is 5.62. The number of nitrogens with two attached hydrogens (primary N) is 1. The molecule has 0 bridgehead atoms. The summed E-state index contributed by atoms with van der Waals surface area (Å²) in [4.78, 5) is 0. The van der Waals surface area contributed by atoms with E-state index in [9.17, 15) is 0 Å². The van der Waals surface area contributed by atoms with Crippen molar-refractivity contribution in [2.75, 3.05) is 6.54 Å². The zero-order valence-electron chi connectivity index (χ0n) is 7.05. The Bertz CT molecular complexity index is 111. The molecule has 0 aromatic heterocycles. The summed E-state index contributed by atoms with van der Waals surface area (Å²) in [5.74, 6) is 0. The van der Waals surface area contributed by atoms with Crippen molar-refractivity contribution in [3.63, 3.8) is 0 Å². The Balaban J connectivity index is 4.17. The van der Waals surface area contributed by atoms with Crippen molar-refractivity contribution in [1.82, 2.24) is 0 Å². The van der Waals surface area contributed by atoms with Gasteiger partial charge < -0.3 is 5.73 Å². The van der Waals surface area contributed by atoms with Crippen LogP contribution in [0.25, 0.3) is 0 Å². The Kier molecular flexibility index (Phi) is 4.88. The average Bonchev–Trinajstić information content (AvgIpc) is 2.04. The third-order valence-electron chi connectivity index (χ3n) is 2.02. The first kappa shape index (κ1) is 10.4. The minimum atomic E-state index is 0.00347. The van der Waals surface area contributed by atoms with Gasteiger partial charge in [-0.15, -0.1) is 13.2 Å². The quantitative estimate of drug-likeness (QED) is 0.578. The largest absolute Gasteiger partial charge is 0.330 e. The maximum atomic E-state index is 5.61. The normalized spacial score (nSPS) is 11.1. The van der Waals surface area contributed by atoms with Crippen LogP contribution in [0.4, 0.5) is 0 Å². The van der Waals surface area contributed by atoms with E-state index in [1.807, 2.05) is 12.2 Å². The summed E-state index contributed by atoms with van der Waals surface area (Å²) in [5, 5.41) is 0. The predicted octanol–water partition coefficient (Wildman–Crippen LogP) is 2.18. The molecule has 62 valence electrons. The van der Waals surface area contributed by atoms with Crippen LogP contribution in [0.1, 0.15) is 19.3 Å². The fraction of sp³-hybridized carbons (Fsp3) is 0.500. The molecule has 11 heavy (non-hydrogen) atoms. The van der Waals surface area contributed by atoms with Gasteiger partial charge in [0.15, 0.2) is 0 Å². The zero-order valence-corrected chi connectivity index (χ0v) is 7.05. The first-order valence-corrected chi connectivity index (χ1v) is 3.86. The second kappa shape index (κ2) is 5.14. The second-order valence-corrected chi connectivity index (χ2v) is 2.89. The van der Waals surface area contributed by atoms with Crippen molar-refractivity contribution in [3.8, 4) is 0 Å². The molecule has 0 heterocycles. The maximum Gasteiger partial charge on any atom is -0.00145 e. The van der Waals surface area contributed by atoms with Gasteiger partial charge in [-0.1, -0.05) is 12.2 Å². The van der Waals surface area contributed by atoms with E-state index in [2.05, 4.69) is 13.2 Å². The van der Waals surface area contributed by atoms with Gasteiger partial charge >= 0.3 is 0 Å². The van der Waals surface area contributed by atoms with E-state index >= 15 is 0 Å². The Morgan fingerprint density at radius 1 is 1.27 bits per heavy atom. The second-order valence-electron chi connectivity index (χ2n) is 2.89. The molecule has 0 aliphatic rings. The minimum Gasteiger partial charge on any atom is -0.330 e. The Labute approximate surface area is 70.0 Å². The number of rotatable bonds is 6. The Hall–Kier alpha value is -0.560. The topological polar surface area (TPSA) is 26.0 Å². The molecule has 0 aromatic carbocycles. The monoisotopic (exact) mass is 151 g/mol. The first-order chi connectivity index (χ1) is 5.24. The van der Waals surface area contributed by atoms with Gasteiger partial charge in [0.05, 0.1) is 0 Å². The summed E-state index contributed by atoms with van der Waals surface area (Å²) < 4.78 is 0. The van der Waals surface area contributed by atoms with Crippen molar-refractivity contribution in [2.45, 2.75) is 19.3 Å². The molecule has 0 amide bonds. The molecule has 2 N–H and O–H groups in total. The van der Waals surface area contributed by atoms with Crippen LogP contribution in [0.5, 0.6) is 0 Å². The van der Waals surface area contributed by atoms with Gasteiger partial charge in [-0.05, 0) is 38.1 Å². The molecule has 0 aliphatic carbocycles. The van der Waals surface area contributed by atoms with Gasteiger partial charge in [0.25, 0.3) is 0 Å². The highest BCUT2D eigenvalue weighted by Crippen LogP contribution is 2.29. The van der Waals surface area contributed by atoms with Crippen molar-refractivity contribution in [3.05, 3.63) is 32.2 Å². The lowest BCUT2D eigenvalue weighted by molar-refractivity contribution is 0.308. The molecule has 1 heteroatoms. The van der Waals surface area contributed by atoms with Gasteiger partial charge in [-0.3, -0.25) is 0 Å². The number of hydrogen-bond acceptors (Lipinski definition) is 1. The fourth-order valence-electron chi connectivity index (χ4n) is 1.11. The van der Waals surface area contributed by atoms with E-state index in [4.69, 9.17) is 12.7 Å². The maximum absolute atomic E-state index is 5.61. The van der Waals surface area contributed by atoms with E-state index in [1.54, 1.807) is 0 Å². The summed E-state index contributed by atoms with van der Waals surface area (Å²) in [6, 6.07) is 0. The molecule has 0 rings (SSSR count). The van der Waals surface area contributed by atoms with Gasteiger partial charge in [-0.2, -0.15) is 0 Å². The van der Waals surface area contributed by atoms with E-state index in [1.165, 1.54) is 0 Å². The minimum absolute atomic E-state index is 0.00347. The molecule has 1 nitrogen and oxygen atoms in total. The first-order valence-electron chi connectivity index (χ1n) is 3.86. The zero-order chi connectivity index (χ0) is 8.74. The summed E-state index contributed by atoms with van der Waals surface area (Å²) in [7, 11) is 0. The Morgan fingerprint density at radius 3 is 1.91 bits per heavy atom. The molecule has 0 aromatic rings. The molecule has 0 unspecified atom stereocenters. The van der Waals surface area contributed by atoms with E-state index in [-0.39, 0.29) is 5.41 Å². The summed E-state index contributed by atoms with van der Waals surface area (Å²) in [6.45, 7) is 13.6. The third kappa shape index (κ3) is 2.89. The summed E-state index contributed by atoms with van der Waals surface area (Å²) >= 11 is 0. The van der Waals surface area contributed by atoms with Gasteiger partial charge in [0, 0.05) is 0 Å². The SMILES string of the molecule is [CH]CC(CN)(CC=C)CC=C. The lowest BCUT2D eigenvalue weighted by Gasteiger charge is -2.28. The Morgan fingerprint density at radius 2 is 1.73 bits per heavy atom. The van der Waals surface area contributed by atoms with Crippen molar-refractivity contribution < 1.29 is 0 Å². The van der Waals surface area contributed by atoms with Crippen LogP contribution in [0.2, 0.25) is 0 Å². The van der Waals surface area contributed by atoms with Crippen LogP contribution >= 0.6 is 0 Å². The lowest BCUT2D eigenvalue weighted by Crippen LogP contribution is -2.28. The summed E-state index contributed by atoms with van der Waals surface area (Å²) in [6.07, 6.45) is 6.06. The van der Waals surface area contributed by atoms with E-state index in [0.717, 1.165) is 12.8 Å². The predicted molar refractivity (Wildman–Crippen MR) is 50.0 cm³/mol. The van der Waals surface area contributed by atoms with Crippen LogP contribution in [-0.4, -0.2) is 6.54 Å². The molecular weight excluding hydrogens is 134 g/mol. The van der Waals surface area contributed by atoms with Gasteiger partial charge in [-0.25, -0.2) is 0 Å². The number of allylic oxidation sites excluding steroid dienone is 2. The van der Waals surface area contributed by atoms with Crippen molar-refractivity contribution >= 4 is 0 Å². The molecular formula is C10H17N. The molecule has 0 saturated carbocycles. The third-order valence-corrected chi connectivity index (χ3v) is 2.02. The van der Waals surface area contributed by atoms with E-state index in [0.29, 0.717) is 13.0 Å². The molecule has 2 radical (unpaired) electrons. The van der Waals surface area contributed by atoms with Gasteiger partial charge in [0.1, 0.15) is 0 Å². The van der Waals surface area contributed by atoms with Crippen molar-refractivity contribution in [2.24, 2.45) is 11.1 Å². The number of hydrogen-bond donors (Lipinski definition) is 1. The highest BCUT2D eigenvalue weighted by Gasteiger charge is 2.22. The molecule has 0 aliphatic heterocycles. The molecule has 0 atom stereocenters.